The van der Waals surface area contributed by atoms with Crippen molar-refractivity contribution >= 4 is 15.9 Å². The number of halogens is 1. The fraction of sp³-hybridized carbons (Fsp3) is 0.250. The molecule has 0 aromatic carbocycles. The van der Waals surface area contributed by atoms with E-state index in [1.54, 1.807) is 12.3 Å². The van der Waals surface area contributed by atoms with Crippen LogP contribution in [0.1, 0.15) is 28.8 Å². The third kappa shape index (κ3) is 2.03. The van der Waals surface area contributed by atoms with Crippen molar-refractivity contribution in [3.8, 4) is 0 Å². The molecule has 1 atom stereocenters. The van der Waals surface area contributed by atoms with Gasteiger partial charge in [0.15, 0.2) is 5.76 Å². The number of hydrogen-bond acceptors (Lipinski definition) is 3. The van der Waals surface area contributed by atoms with E-state index in [1.807, 2.05) is 26.0 Å². The summed E-state index contributed by atoms with van der Waals surface area (Å²) in [6, 6.07) is 5.51. The van der Waals surface area contributed by atoms with Gasteiger partial charge >= 0.3 is 0 Å². The normalized spacial score (nSPS) is 12.8. The third-order valence-corrected chi connectivity index (χ3v) is 3.11. The Bertz CT molecular complexity index is 507. The average Bonchev–Trinajstić information content (AvgIpc) is 2.63. The summed E-state index contributed by atoms with van der Waals surface area (Å²) in [4.78, 5) is 4.32. The van der Waals surface area contributed by atoms with Gasteiger partial charge in [-0.25, -0.2) is 0 Å². The van der Waals surface area contributed by atoms with E-state index in [2.05, 4.69) is 20.9 Å². The molecule has 0 saturated carbocycles. The molecule has 2 heterocycles. The summed E-state index contributed by atoms with van der Waals surface area (Å²) in [6.07, 6.45) is 0.761. The molecule has 0 radical (unpaired) electrons. The van der Waals surface area contributed by atoms with Gasteiger partial charge in [0.1, 0.15) is 6.10 Å². The molecule has 2 aromatic heterocycles. The van der Waals surface area contributed by atoms with Crippen molar-refractivity contribution < 1.29 is 9.52 Å². The van der Waals surface area contributed by atoms with Crippen LogP contribution in [0, 0.1) is 13.8 Å². The second kappa shape index (κ2) is 4.39. The molecule has 0 amide bonds. The molecule has 16 heavy (non-hydrogen) atoms. The number of aliphatic hydroxyl groups is 1. The predicted molar refractivity (Wildman–Crippen MR) is 64.2 cm³/mol. The molecule has 2 aromatic rings. The van der Waals surface area contributed by atoms with E-state index in [0.29, 0.717) is 5.76 Å². The zero-order valence-electron chi connectivity index (χ0n) is 9.07. The molecule has 1 N–H and O–H groups in total. The second-order valence-electron chi connectivity index (χ2n) is 3.66. The summed E-state index contributed by atoms with van der Waals surface area (Å²) in [7, 11) is 0. The summed E-state index contributed by atoms with van der Waals surface area (Å²) < 4.78 is 6.00. The molecule has 4 heteroatoms. The highest BCUT2D eigenvalue weighted by molar-refractivity contribution is 9.10. The van der Waals surface area contributed by atoms with E-state index in [1.165, 1.54) is 0 Å². The lowest BCUT2D eigenvalue weighted by molar-refractivity contribution is 0.187. The average molecular weight is 282 g/mol. The van der Waals surface area contributed by atoms with Crippen LogP contribution in [0.4, 0.5) is 0 Å². The van der Waals surface area contributed by atoms with Crippen molar-refractivity contribution in [2.24, 2.45) is 0 Å². The van der Waals surface area contributed by atoms with Crippen LogP contribution in [0.5, 0.6) is 0 Å². The number of furan rings is 1. The fourth-order valence-electron chi connectivity index (χ4n) is 1.63. The maximum absolute atomic E-state index is 10.2. The molecule has 3 nitrogen and oxygen atoms in total. The van der Waals surface area contributed by atoms with Gasteiger partial charge in [0.2, 0.25) is 0 Å². The van der Waals surface area contributed by atoms with E-state index in [4.69, 9.17) is 4.42 Å². The second-order valence-corrected chi connectivity index (χ2v) is 4.52. The smallest absolute Gasteiger partial charge is 0.151 e. The fourth-order valence-corrected chi connectivity index (χ4v) is 2.05. The van der Waals surface area contributed by atoms with Gasteiger partial charge in [0.05, 0.1) is 10.7 Å². The lowest BCUT2D eigenvalue weighted by Crippen LogP contribution is -2.03. The summed E-state index contributed by atoms with van der Waals surface area (Å²) >= 11 is 3.33. The number of hydrogen-bond donors (Lipinski definition) is 1. The quantitative estimate of drug-likeness (QED) is 0.920. The number of nitrogens with zero attached hydrogens (tertiary/aromatic N) is 1. The SMILES string of the molecule is Cc1ccc(C(O)c2occc2Br)c(C)n1. The Morgan fingerprint density at radius 3 is 2.62 bits per heavy atom. The minimum atomic E-state index is -0.780. The van der Waals surface area contributed by atoms with E-state index >= 15 is 0 Å². The molecule has 0 aliphatic carbocycles. The summed E-state index contributed by atoms with van der Waals surface area (Å²) in [6.45, 7) is 3.80. The zero-order chi connectivity index (χ0) is 11.7. The summed E-state index contributed by atoms with van der Waals surface area (Å²) in [5.41, 5.74) is 2.52. The number of pyridine rings is 1. The Morgan fingerprint density at radius 2 is 2.06 bits per heavy atom. The number of aryl methyl sites for hydroxylation is 2. The standard InChI is InChI=1S/C12H12BrNO2/c1-7-3-4-9(8(2)14-7)11(15)12-10(13)5-6-16-12/h3-6,11,15H,1-2H3. The molecule has 2 rings (SSSR count). The van der Waals surface area contributed by atoms with Crippen LogP contribution < -0.4 is 0 Å². The van der Waals surface area contributed by atoms with Gasteiger partial charge in [0, 0.05) is 17.0 Å². The molecule has 0 saturated heterocycles. The Balaban J connectivity index is 2.41. The van der Waals surface area contributed by atoms with Crippen molar-refractivity contribution in [2.75, 3.05) is 0 Å². The topological polar surface area (TPSA) is 46.3 Å². The Kier molecular flexibility index (Phi) is 3.12. The molecule has 84 valence electrons. The van der Waals surface area contributed by atoms with E-state index in [-0.39, 0.29) is 0 Å². The first-order chi connectivity index (χ1) is 7.59. The maximum Gasteiger partial charge on any atom is 0.151 e. The molecule has 0 aliphatic rings. The van der Waals surface area contributed by atoms with Gasteiger partial charge in [-0.2, -0.15) is 0 Å². The highest BCUT2D eigenvalue weighted by atomic mass is 79.9. The van der Waals surface area contributed by atoms with Crippen LogP contribution in [0.25, 0.3) is 0 Å². The van der Waals surface area contributed by atoms with Crippen LogP contribution in [0.15, 0.2) is 33.4 Å². The van der Waals surface area contributed by atoms with E-state index in [0.717, 1.165) is 21.4 Å². The maximum atomic E-state index is 10.2. The van der Waals surface area contributed by atoms with Crippen molar-refractivity contribution in [3.05, 3.63) is 51.6 Å². The Labute approximate surface area is 102 Å². The monoisotopic (exact) mass is 281 g/mol. The van der Waals surface area contributed by atoms with Crippen LogP contribution >= 0.6 is 15.9 Å². The van der Waals surface area contributed by atoms with Crippen LogP contribution in [-0.4, -0.2) is 10.1 Å². The highest BCUT2D eigenvalue weighted by Crippen LogP contribution is 2.30. The molecule has 0 aliphatic heterocycles. The van der Waals surface area contributed by atoms with Gasteiger partial charge in [-0.05, 0) is 41.9 Å². The van der Waals surface area contributed by atoms with Crippen molar-refractivity contribution in [1.82, 2.24) is 4.98 Å². The Hall–Kier alpha value is -1.13. The van der Waals surface area contributed by atoms with Crippen molar-refractivity contribution in [3.63, 3.8) is 0 Å². The third-order valence-electron chi connectivity index (χ3n) is 2.45. The number of aromatic nitrogens is 1. The lowest BCUT2D eigenvalue weighted by atomic mass is 10.1. The summed E-state index contributed by atoms with van der Waals surface area (Å²) in [5.74, 6) is 0.508. The highest BCUT2D eigenvalue weighted by Gasteiger charge is 2.19. The van der Waals surface area contributed by atoms with Gasteiger partial charge in [-0.15, -0.1) is 0 Å². The zero-order valence-corrected chi connectivity index (χ0v) is 10.7. The lowest BCUT2D eigenvalue weighted by Gasteiger charge is -2.11. The van der Waals surface area contributed by atoms with Crippen molar-refractivity contribution in [1.29, 1.82) is 0 Å². The van der Waals surface area contributed by atoms with Gasteiger partial charge in [-0.3, -0.25) is 4.98 Å². The number of rotatable bonds is 2. The number of aliphatic hydroxyl groups excluding tert-OH is 1. The first-order valence-electron chi connectivity index (χ1n) is 4.94. The molecule has 0 spiro atoms. The molecular formula is C12H12BrNO2. The van der Waals surface area contributed by atoms with Crippen molar-refractivity contribution in [2.45, 2.75) is 20.0 Å². The van der Waals surface area contributed by atoms with Crippen LogP contribution in [0.2, 0.25) is 0 Å². The summed E-state index contributed by atoms with van der Waals surface area (Å²) in [5, 5.41) is 10.2. The van der Waals surface area contributed by atoms with Crippen LogP contribution in [0.3, 0.4) is 0 Å². The van der Waals surface area contributed by atoms with Gasteiger partial charge < -0.3 is 9.52 Å². The Morgan fingerprint density at radius 1 is 1.31 bits per heavy atom. The van der Waals surface area contributed by atoms with Gasteiger partial charge in [0.25, 0.3) is 0 Å². The minimum Gasteiger partial charge on any atom is -0.465 e. The molecule has 0 bridgehead atoms. The predicted octanol–water partition coefficient (Wildman–Crippen LogP) is 3.14. The first kappa shape index (κ1) is 11.4. The largest absolute Gasteiger partial charge is 0.465 e. The van der Waals surface area contributed by atoms with Crippen LogP contribution in [-0.2, 0) is 0 Å². The van der Waals surface area contributed by atoms with E-state index < -0.39 is 6.10 Å². The minimum absolute atomic E-state index is 0.508. The first-order valence-corrected chi connectivity index (χ1v) is 5.74. The van der Waals surface area contributed by atoms with E-state index in [9.17, 15) is 5.11 Å². The molecule has 1 unspecified atom stereocenters. The molecule has 0 fully saturated rings. The molecular weight excluding hydrogens is 270 g/mol. The van der Waals surface area contributed by atoms with Gasteiger partial charge in [-0.1, -0.05) is 6.07 Å².